The van der Waals surface area contributed by atoms with Gasteiger partial charge < -0.3 is 33.8 Å². The average molecular weight is 1550 g/mol. The van der Waals surface area contributed by atoms with Gasteiger partial charge >= 0.3 is 39.5 Å². The summed E-state index contributed by atoms with van der Waals surface area (Å²) in [6, 6.07) is 0. The van der Waals surface area contributed by atoms with Crippen molar-refractivity contribution in [2.45, 2.75) is 341 Å². The highest BCUT2D eigenvalue weighted by Crippen LogP contribution is 2.45. The Morgan fingerprint density at radius 1 is 0.269 bits per heavy atom. The Balaban J connectivity index is 5.46. The molecule has 0 amide bonds. The molecule has 0 aliphatic heterocycles. The minimum atomic E-state index is -5.01. The van der Waals surface area contributed by atoms with E-state index in [1.807, 2.05) is 0 Å². The van der Waals surface area contributed by atoms with E-state index in [9.17, 15) is 43.2 Å². The predicted octanol–water partition coefficient (Wildman–Crippen LogP) is 24.8. The third-order valence-corrected chi connectivity index (χ3v) is 18.9. The SMILES string of the molecule is CC/C=C\C/C=C\C/C=C\C/C=C\C/C=C\CCCCCC(=O)OCC(COP(=O)(O)OCC(O)COP(=O)(O)OCC(COC(=O)CCCCCCC/C=C\C/C=C\C/C=C\CC)OC(=O)CCCCCCCCCCCCCCCCC)OC(=O)CCCCC/C=C\C/C=C\C/C=C\C/C=C\C/C=C\CC. The number of aliphatic hydroxyl groups excluding tert-OH is 1. The molecule has 0 rings (SSSR count). The lowest BCUT2D eigenvalue weighted by atomic mass is 10.0. The van der Waals surface area contributed by atoms with Crippen LogP contribution in [0.2, 0.25) is 0 Å². The second-order valence-corrected chi connectivity index (χ2v) is 30.2. The molecule has 0 aliphatic rings. The van der Waals surface area contributed by atoms with Crippen molar-refractivity contribution in [3.05, 3.63) is 158 Å². The average Bonchev–Trinajstić information content (AvgIpc) is 0.896. The maximum absolute atomic E-state index is 13.1. The minimum Gasteiger partial charge on any atom is -0.462 e. The first kappa shape index (κ1) is 103. The van der Waals surface area contributed by atoms with E-state index in [4.69, 9.17) is 37.0 Å². The Morgan fingerprint density at radius 2 is 0.481 bits per heavy atom. The number of unbranched alkanes of at least 4 members (excludes halogenated alkanes) is 25. The molecule has 108 heavy (non-hydrogen) atoms. The second kappa shape index (κ2) is 79.8. The zero-order valence-corrected chi connectivity index (χ0v) is 69.3. The van der Waals surface area contributed by atoms with Crippen LogP contribution in [0, 0.1) is 0 Å². The van der Waals surface area contributed by atoms with E-state index < -0.39 is 97.5 Å². The molecular weight excluding hydrogens is 1400 g/mol. The van der Waals surface area contributed by atoms with Gasteiger partial charge in [0.15, 0.2) is 12.2 Å². The van der Waals surface area contributed by atoms with Crippen molar-refractivity contribution in [2.24, 2.45) is 0 Å². The van der Waals surface area contributed by atoms with Gasteiger partial charge in [-0.15, -0.1) is 0 Å². The highest BCUT2D eigenvalue weighted by Gasteiger charge is 2.30. The predicted molar refractivity (Wildman–Crippen MR) is 445 cm³/mol. The van der Waals surface area contributed by atoms with Gasteiger partial charge in [-0.25, -0.2) is 9.13 Å². The maximum atomic E-state index is 13.1. The quantitative estimate of drug-likeness (QED) is 0.0169. The van der Waals surface area contributed by atoms with Crippen LogP contribution < -0.4 is 0 Å². The molecule has 0 spiro atoms. The summed E-state index contributed by atoms with van der Waals surface area (Å²) in [5.41, 5.74) is 0. The molecule has 5 unspecified atom stereocenters. The first-order valence-electron chi connectivity index (χ1n) is 41.7. The van der Waals surface area contributed by atoms with E-state index in [-0.39, 0.29) is 25.7 Å². The highest BCUT2D eigenvalue weighted by molar-refractivity contribution is 7.47. The number of carbonyl (C=O) groups excluding carboxylic acids is 4. The summed E-state index contributed by atoms with van der Waals surface area (Å²) in [7, 11) is -10.00. The molecule has 5 atom stereocenters. The number of phosphoric acid groups is 2. The van der Waals surface area contributed by atoms with Crippen molar-refractivity contribution >= 4 is 39.5 Å². The molecule has 0 saturated carbocycles. The molecule has 0 bridgehead atoms. The van der Waals surface area contributed by atoms with Crippen LogP contribution in [0.25, 0.3) is 0 Å². The maximum Gasteiger partial charge on any atom is 0.472 e. The van der Waals surface area contributed by atoms with Crippen LogP contribution in [0.3, 0.4) is 0 Å². The fraction of sp³-hybridized carbons (Fsp3) is 0.663. The van der Waals surface area contributed by atoms with Crippen molar-refractivity contribution in [1.82, 2.24) is 0 Å². The molecule has 0 aromatic heterocycles. The Labute approximate surface area is 655 Å². The third-order valence-electron chi connectivity index (χ3n) is 17.0. The fourth-order valence-electron chi connectivity index (χ4n) is 10.8. The normalized spacial score (nSPS) is 14.6. The number of esters is 4. The number of ether oxygens (including phenoxy) is 4. The number of rotatable bonds is 77. The Hall–Kier alpha value is -5.32. The summed E-state index contributed by atoms with van der Waals surface area (Å²) in [6.07, 6.45) is 93.5. The van der Waals surface area contributed by atoms with Gasteiger partial charge in [0.25, 0.3) is 0 Å². The van der Waals surface area contributed by atoms with Crippen LogP contribution in [0.5, 0.6) is 0 Å². The van der Waals surface area contributed by atoms with E-state index in [1.165, 1.54) is 64.2 Å². The van der Waals surface area contributed by atoms with Crippen molar-refractivity contribution in [3.63, 3.8) is 0 Å². The van der Waals surface area contributed by atoms with E-state index in [2.05, 4.69) is 186 Å². The number of carbonyl (C=O) groups is 4. The number of aliphatic hydroxyl groups is 1. The van der Waals surface area contributed by atoms with Gasteiger partial charge in [-0.2, -0.15) is 0 Å². The van der Waals surface area contributed by atoms with Crippen molar-refractivity contribution in [2.75, 3.05) is 39.6 Å². The molecule has 0 saturated heterocycles. The summed E-state index contributed by atoms with van der Waals surface area (Å²) in [5, 5.41) is 10.7. The van der Waals surface area contributed by atoms with Crippen LogP contribution in [-0.2, 0) is 65.4 Å². The van der Waals surface area contributed by atoms with Crippen LogP contribution >= 0.6 is 15.6 Å². The minimum absolute atomic E-state index is 0.0427. The van der Waals surface area contributed by atoms with Crippen molar-refractivity contribution in [3.8, 4) is 0 Å². The second-order valence-electron chi connectivity index (χ2n) is 27.3. The molecule has 0 fully saturated rings. The van der Waals surface area contributed by atoms with Crippen LogP contribution in [0.1, 0.15) is 323 Å². The molecule has 616 valence electrons. The van der Waals surface area contributed by atoms with Crippen LogP contribution in [0.15, 0.2) is 158 Å². The molecule has 0 aromatic rings. The zero-order valence-electron chi connectivity index (χ0n) is 67.5. The largest absolute Gasteiger partial charge is 0.472 e. The van der Waals surface area contributed by atoms with E-state index >= 15 is 0 Å². The van der Waals surface area contributed by atoms with Crippen molar-refractivity contribution in [1.29, 1.82) is 0 Å². The monoisotopic (exact) mass is 1550 g/mol. The molecule has 0 radical (unpaired) electrons. The lowest BCUT2D eigenvalue weighted by molar-refractivity contribution is -0.161. The van der Waals surface area contributed by atoms with Crippen LogP contribution in [0.4, 0.5) is 0 Å². The van der Waals surface area contributed by atoms with E-state index in [0.717, 1.165) is 180 Å². The van der Waals surface area contributed by atoms with Gasteiger partial charge in [-0.05, 0) is 148 Å². The number of hydrogen-bond donors (Lipinski definition) is 3. The summed E-state index contributed by atoms with van der Waals surface area (Å²) < 4.78 is 68.7. The standard InChI is InChI=1S/C89H148O17P2/c1-5-9-13-17-21-25-29-33-37-39-41-43-47-50-54-58-62-66-70-74-87(92)100-80-85(106-89(94)76-72-68-64-60-56-52-48-44-42-40-38-34-30-26-22-18-14-10-6-2)82-104-108(97,98)102-78-83(90)77-101-107(95,96)103-81-84(105-88(93)75-71-67-63-59-55-51-46-36-32-28-24-20-16-12-8-4)79-99-86(91)73-69-65-61-57-53-49-45-35-31-27-23-19-15-11-7-3/h9-11,13-15,21-23,25-27,33-35,37-38,41-45,50,52,54,56,83-85,90H,5-8,12,16-20,24,28-32,36,39-40,46-49,51,53,55,57-82H2,1-4H3,(H,95,96)(H,97,98)/b13-9-,14-10-,15-11-,25-21-,26-22-,27-23-,37-33-,38-34-,43-41-,44-42-,45-35-,54-50-,56-52-. The van der Waals surface area contributed by atoms with E-state index in [0.29, 0.717) is 25.7 Å². The Bertz CT molecular complexity index is 2660. The summed E-state index contributed by atoms with van der Waals surface area (Å²) in [6.45, 7) is 4.47. The molecule has 0 aromatic carbocycles. The number of phosphoric ester groups is 2. The zero-order chi connectivity index (χ0) is 78.9. The molecule has 17 nitrogen and oxygen atoms in total. The lowest BCUT2D eigenvalue weighted by Gasteiger charge is -2.21. The topological polar surface area (TPSA) is 237 Å². The summed E-state index contributed by atoms with van der Waals surface area (Å²) in [4.78, 5) is 73.2. The highest BCUT2D eigenvalue weighted by atomic mass is 31.2. The fourth-order valence-corrected chi connectivity index (χ4v) is 12.3. The van der Waals surface area contributed by atoms with Crippen LogP contribution in [-0.4, -0.2) is 96.7 Å². The molecule has 0 aliphatic carbocycles. The molecule has 0 heterocycles. The van der Waals surface area contributed by atoms with Gasteiger partial charge in [0.05, 0.1) is 26.4 Å². The summed E-state index contributed by atoms with van der Waals surface area (Å²) in [5.74, 6) is -2.27. The third kappa shape index (κ3) is 78.8. The van der Waals surface area contributed by atoms with Gasteiger partial charge in [0.1, 0.15) is 19.3 Å². The molecular formula is C89H148O17P2. The first-order valence-corrected chi connectivity index (χ1v) is 44.7. The lowest BCUT2D eigenvalue weighted by Crippen LogP contribution is -2.30. The Morgan fingerprint density at radius 3 is 0.750 bits per heavy atom. The number of hydrogen-bond acceptors (Lipinski definition) is 15. The smallest absolute Gasteiger partial charge is 0.462 e. The van der Waals surface area contributed by atoms with Crippen molar-refractivity contribution < 1.29 is 80.2 Å². The van der Waals surface area contributed by atoms with Gasteiger partial charge in [0, 0.05) is 25.7 Å². The Kier molecular flexibility index (Phi) is 75.8. The van der Waals surface area contributed by atoms with Gasteiger partial charge in [-0.1, -0.05) is 308 Å². The number of allylic oxidation sites excluding steroid dienone is 26. The molecule has 3 N–H and O–H groups in total. The van der Waals surface area contributed by atoms with Gasteiger partial charge in [0.2, 0.25) is 0 Å². The molecule has 19 heteroatoms. The summed E-state index contributed by atoms with van der Waals surface area (Å²) >= 11 is 0. The van der Waals surface area contributed by atoms with Gasteiger partial charge in [-0.3, -0.25) is 37.3 Å². The van der Waals surface area contributed by atoms with E-state index in [1.54, 1.807) is 0 Å². The first-order chi connectivity index (χ1) is 52.7.